The van der Waals surface area contributed by atoms with Gasteiger partial charge in [0.15, 0.2) is 17.5 Å². The average Bonchev–Trinajstić information content (AvgIpc) is 3.59. The minimum Gasteiger partial charge on any atom is -0.309 e. The summed E-state index contributed by atoms with van der Waals surface area (Å²) in [6, 6.07) is 41.8. The highest BCUT2D eigenvalue weighted by Crippen LogP contribution is 2.44. The van der Waals surface area contributed by atoms with Gasteiger partial charge in [0.2, 0.25) is 0 Å². The molecule has 0 fully saturated rings. The maximum atomic E-state index is 14.3. The quantitative estimate of drug-likeness (QED) is 0.157. The molecule has 2 heterocycles. The number of aromatic nitrogens is 4. The maximum absolute atomic E-state index is 14.3. The fourth-order valence-corrected chi connectivity index (χ4v) is 7.50. The summed E-state index contributed by atoms with van der Waals surface area (Å²) in [7, 11) is 0. The Bertz CT molecular complexity index is 3020. The molecule has 0 spiro atoms. The minimum atomic E-state index is -5.08. The Labute approximate surface area is 341 Å². The molecule has 0 unspecified atom stereocenters. The molecular formula is C48H27F9N4. The van der Waals surface area contributed by atoms with Crippen LogP contribution < -0.4 is 0 Å². The van der Waals surface area contributed by atoms with E-state index < -0.39 is 40.8 Å². The van der Waals surface area contributed by atoms with Crippen LogP contribution in [0.3, 0.4) is 0 Å². The first-order chi connectivity index (χ1) is 29.1. The van der Waals surface area contributed by atoms with Crippen LogP contribution in [0.1, 0.15) is 16.7 Å². The molecule has 0 saturated carbocycles. The topological polar surface area (TPSA) is 43.6 Å². The van der Waals surface area contributed by atoms with Gasteiger partial charge in [-0.05, 0) is 76.9 Å². The zero-order valence-corrected chi connectivity index (χ0v) is 31.3. The van der Waals surface area contributed by atoms with Gasteiger partial charge >= 0.3 is 18.5 Å². The van der Waals surface area contributed by atoms with Gasteiger partial charge in [-0.2, -0.15) is 39.5 Å². The number of benzene rings is 7. The standard InChI is InChI=1S/C48H27F9N4/c49-46(50,51)32-18-15-28(16-19-32)35-23-21-34(27-39(35)45-59-43(29-9-3-1-4-10-29)58-44(60-45)30-11-5-2-6-12-30)61-41-14-8-7-13-37(41)38-25-31(17-24-42(38)61)36-22-20-33(47(52,53)54)26-40(36)48(55,56)57/h1-27H. The lowest BCUT2D eigenvalue weighted by Crippen LogP contribution is -2.12. The molecule has 0 saturated heterocycles. The number of para-hydroxylation sites is 1. The van der Waals surface area contributed by atoms with Crippen molar-refractivity contribution in [3.8, 4) is 62.1 Å². The van der Waals surface area contributed by atoms with Crippen molar-refractivity contribution in [2.24, 2.45) is 0 Å². The van der Waals surface area contributed by atoms with Crippen LogP contribution in [0.15, 0.2) is 164 Å². The molecule has 61 heavy (non-hydrogen) atoms. The molecule has 4 nitrogen and oxygen atoms in total. The largest absolute Gasteiger partial charge is 0.417 e. The third-order valence-electron chi connectivity index (χ3n) is 10.4. The van der Waals surface area contributed by atoms with E-state index in [1.807, 2.05) is 71.3 Å². The summed E-state index contributed by atoms with van der Waals surface area (Å²) in [6.45, 7) is 0. The molecule has 0 aliphatic heterocycles. The summed E-state index contributed by atoms with van der Waals surface area (Å²) in [6.07, 6.45) is -14.6. The molecule has 0 N–H and O–H groups in total. The van der Waals surface area contributed by atoms with Crippen molar-refractivity contribution in [3.05, 3.63) is 180 Å². The average molecular weight is 831 g/mol. The van der Waals surface area contributed by atoms with Crippen molar-refractivity contribution >= 4 is 21.8 Å². The fourth-order valence-electron chi connectivity index (χ4n) is 7.50. The summed E-state index contributed by atoms with van der Waals surface area (Å²) in [4.78, 5) is 14.6. The number of alkyl halides is 9. The van der Waals surface area contributed by atoms with Crippen molar-refractivity contribution in [3.63, 3.8) is 0 Å². The van der Waals surface area contributed by atoms with Crippen LogP contribution >= 0.6 is 0 Å². The second-order valence-corrected chi connectivity index (χ2v) is 14.2. The van der Waals surface area contributed by atoms with Crippen molar-refractivity contribution in [2.75, 3.05) is 0 Å². The van der Waals surface area contributed by atoms with Gasteiger partial charge in [-0.15, -0.1) is 0 Å². The summed E-state index contributed by atoms with van der Waals surface area (Å²) in [5.41, 5.74) is 0.519. The number of hydrogen-bond acceptors (Lipinski definition) is 3. The molecule has 7 aromatic carbocycles. The van der Waals surface area contributed by atoms with E-state index in [0.29, 0.717) is 73.0 Å². The molecule has 0 amide bonds. The van der Waals surface area contributed by atoms with E-state index in [2.05, 4.69) is 0 Å². The number of halogens is 9. The van der Waals surface area contributed by atoms with E-state index in [4.69, 9.17) is 15.0 Å². The van der Waals surface area contributed by atoms with Crippen molar-refractivity contribution < 1.29 is 39.5 Å². The lowest BCUT2D eigenvalue weighted by molar-refractivity contribution is -0.143. The van der Waals surface area contributed by atoms with Gasteiger partial charge in [0.25, 0.3) is 0 Å². The SMILES string of the molecule is FC(F)(F)c1ccc(-c2ccc(-n3c4ccccc4c4cc(-c5ccc(C(F)(F)F)cc5C(F)(F)F)ccc43)cc2-c2nc(-c3ccccc3)nc(-c3ccccc3)n2)cc1. The van der Waals surface area contributed by atoms with E-state index in [0.717, 1.165) is 18.2 Å². The molecule has 2 aromatic heterocycles. The van der Waals surface area contributed by atoms with E-state index >= 15 is 0 Å². The highest BCUT2D eigenvalue weighted by Gasteiger charge is 2.38. The van der Waals surface area contributed by atoms with Gasteiger partial charge in [-0.3, -0.25) is 0 Å². The Morgan fingerprint density at radius 3 is 1.48 bits per heavy atom. The minimum absolute atomic E-state index is 0.0573. The van der Waals surface area contributed by atoms with E-state index in [1.165, 1.54) is 24.3 Å². The predicted octanol–water partition coefficient (Wildman–Crippen LogP) is 14.4. The second-order valence-electron chi connectivity index (χ2n) is 14.2. The van der Waals surface area contributed by atoms with Gasteiger partial charge in [-0.25, -0.2) is 15.0 Å². The highest BCUT2D eigenvalue weighted by atomic mass is 19.4. The Hall–Kier alpha value is -7.28. The van der Waals surface area contributed by atoms with Gasteiger partial charge < -0.3 is 4.57 Å². The molecule has 302 valence electrons. The zero-order chi connectivity index (χ0) is 42.7. The van der Waals surface area contributed by atoms with Crippen molar-refractivity contribution in [1.29, 1.82) is 0 Å². The number of hydrogen-bond donors (Lipinski definition) is 0. The molecule has 0 radical (unpaired) electrons. The zero-order valence-electron chi connectivity index (χ0n) is 31.3. The Morgan fingerprint density at radius 2 is 0.869 bits per heavy atom. The summed E-state index contributed by atoms with van der Waals surface area (Å²) < 4.78 is 126. The second kappa shape index (κ2) is 14.8. The lowest BCUT2D eigenvalue weighted by Gasteiger charge is -2.17. The summed E-state index contributed by atoms with van der Waals surface area (Å²) in [5.74, 6) is 0.910. The molecule has 0 aliphatic rings. The first-order valence-corrected chi connectivity index (χ1v) is 18.6. The van der Waals surface area contributed by atoms with Crippen LogP contribution in [-0.2, 0) is 18.5 Å². The van der Waals surface area contributed by atoms with Crippen LogP contribution in [-0.4, -0.2) is 19.5 Å². The monoisotopic (exact) mass is 830 g/mol. The third kappa shape index (κ3) is 7.47. The molecule has 9 rings (SSSR count). The molecule has 0 aliphatic carbocycles. The van der Waals surface area contributed by atoms with Crippen LogP contribution in [0.2, 0.25) is 0 Å². The van der Waals surface area contributed by atoms with Crippen molar-refractivity contribution in [2.45, 2.75) is 18.5 Å². The molecule has 9 aromatic rings. The van der Waals surface area contributed by atoms with Crippen LogP contribution in [0.25, 0.3) is 83.9 Å². The van der Waals surface area contributed by atoms with Crippen molar-refractivity contribution in [1.82, 2.24) is 19.5 Å². The Kier molecular flexibility index (Phi) is 9.49. The molecule has 0 atom stereocenters. The number of fused-ring (bicyclic) bond motifs is 3. The maximum Gasteiger partial charge on any atom is 0.417 e. The van der Waals surface area contributed by atoms with E-state index in [1.54, 1.807) is 42.5 Å². The highest BCUT2D eigenvalue weighted by molar-refractivity contribution is 6.10. The first kappa shape index (κ1) is 39.2. The van der Waals surface area contributed by atoms with E-state index in [9.17, 15) is 39.5 Å². The predicted molar refractivity (Wildman–Crippen MR) is 216 cm³/mol. The first-order valence-electron chi connectivity index (χ1n) is 18.6. The lowest BCUT2D eigenvalue weighted by atomic mass is 9.95. The van der Waals surface area contributed by atoms with Gasteiger partial charge in [0.05, 0.1) is 27.7 Å². The number of nitrogens with zero attached hydrogens (tertiary/aromatic N) is 4. The van der Waals surface area contributed by atoms with E-state index in [-0.39, 0.29) is 17.5 Å². The van der Waals surface area contributed by atoms with Crippen LogP contribution in [0.5, 0.6) is 0 Å². The summed E-state index contributed by atoms with van der Waals surface area (Å²) >= 11 is 0. The Morgan fingerprint density at radius 1 is 0.344 bits per heavy atom. The van der Waals surface area contributed by atoms with Gasteiger partial charge in [0, 0.05) is 33.2 Å². The smallest absolute Gasteiger partial charge is 0.309 e. The normalized spacial score (nSPS) is 12.3. The van der Waals surface area contributed by atoms with Crippen LogP contribution in [0, 0.1) is 0 Å². The molecular weight excluding hydrogens is 804 g/mol. The number of rotatable bonds is 6. The Balaban J connectivity index is 1.28. The molecule has 0 bridgehead atoms. The summed E-state index contributed by atoms with van der Waals surface area (Å²) in [5, 5.41) is 1.17. The third-order valence-corrected chi connectivity index (χ3v) is 10.4. The fraction of sp³-hybridized carbons (Fsp3) is 0.0625. The molecule has 13 heteroatoms. The van der Waals surface area contributed by atoms with Crippen LogP contribution in [0.4, 0.5) is 39.5 Å². The van der Waals surface area contributed by atoms with Gasteiger partial charge in [0.1, 0.15) is 0 Å². The van der Waals surface area contributed by atoms with Gasteiger partial charge in [-0.1, -0.05) is 109 Å².